The molecular formula is C16H15BrN2O4. The lowest BCUT2D eigenvalue weighted by atomic mass is 10.2. The first-order valence-corrected chi connectivity index (χ1v) is 7.38. The van der Waals surface area contributed by atoms with E-state index in [1.165, 1.54) is 37.6 Å². The average molecular weight is 379 g/mol. The van der Waals surface area contributed by atoms with Crippen LogP contribution >= 0.6 is 15.9 Å². The maximum absolute atomic E-state index is 11.9. The van der Waals surface area contributed by atoms with Crippen molar-refractivity contribution in [2.75, 3.05) is 14.2 Å². The Balaban J connectivity index is 2.10. The number of phenols is 1. The number of nitrogens with zero attached hydrogens (tertiary/aromatic N) is 1. The smallest absolute Gasteiger partial charge is 0.271 e. The summed E-state index contributed by atoms with van der Waals surface area (Å²) in [6, 6.07) is 9.41. The highest BCUT2D eigenvalue weighted by Crippen LogP contribution is 2.35. The van der Waals surface area contributed by atoms with E-state index in [0.717, 1.165) is 5.56 Å². The largest absolute Gasteiger partial charge is 0.508 e. The number of benzene rings is 2. The average Bonchev–Trinajstić information content (AvgIpc) is 2.54. The van der Waals surface area contributed by atoms with Crippen LogP contribution < -0.4 is 14.9 Å². The molecule has 120 valence electrons. The van der Waals surface area contributed by atoms with Gasteiger partial charge < -0.3 is 14.6 Å². The van der Waals surface area contributed by atoms with Crippen LogP contribution in [-0.2, 0) is 0 Å². The lowest BCUT2D eigenvalue weighted by molar-refractivity contribution is 0.0955. The van der Waals surface area contributed by atoms with Crippen LogP contribution in [0, 0.1) is 0 Å². The summed E-state index contributed by atoms with van der Waals surface area (Å²) in [6.45, 7) is 0. The van der Waals surface area contributed by atoms with Crippen LogP contribution in [0.1, 0.15) is 15.9 Å². The van der Waals surface area contributed by atoms with Crippen molar-refractivity contribution in [1.82, 2.24) is 5.43 Å². The molecule has 0 bridgehead atoms. The van der Waals surface area contributed by atoms with Crippen molar-refractivity contribution >= 4 is 28.1 Å². The SMILES string of the molecule is COc1cc(/C=N/NC(=O)c2ccc(O)cc2)cc(Br)c1OC. The first-order chi connectivity index (χ1) is 11.0. The Kier molecular flexibility index (Phi) is 5.59. The van der Waals surface area contributed by atoms with Crippen LogP contribution in [0.4, 0.5) is 0 Å². The maximum atomic E-state index is 11.9. The summed E-state index contributed by atoms with van der Waals surface area (Å²) >= 11 is 3.39. The first-order valence-electron chi connectivity index (χ1n) is 6.59. The number of halogens is 1. The van der Waals surface area contributed by atoms with Gasteiger partial charge in [-0.1, -0.05) is 0 Å². The third kappa shape index (κ3) is 4.23. The van der Waals surface area contributed by atoms with Gasteiger partial charge in [-0.25, -0.2) is 5.43 Å². The van der Waals surface area contributed by atoms with Gasteiger partial charge in [0, 0.05) is 5.56 Å². The molecule has 7 heteroatoms. The van der Waals surface area contributed by atoms with E-state index in [-0.39, 0.29) is 11.7 Å². The third-order valence-electron chi connectivity index (χ3n) is 2.97. The second kappa shape index (κ2) is 7.64. The van der Waals surface area contributed by atoms with Gasteiger partial charge in [0.15, 0.2) is 11.5 Å². The number of carbonyl (C=O) groups excluding carboxylic acids is 1. The molecule has 0 atom stereocenters. The Hall–Kier alpha value is -2.54. The van der Waals surface area contributed by atoms with Crippen LogP contribution in [0.25, 0.3) is 0 Å². The molecule has 23 heavy (non-hydrogen) atoms. The molecule has 2 aromatic carbocycles. The Bertz CT molecular complexity index is 730. The van der Waals surface area contributed by atoms with Crippen molar-refractivity contribution in [3.8, 4) is 17.2 Å². The summed E-state index contributed by atoms with van der Waals surface area (Å²) in [5.74, 6) is 0.854. The van der Waals surface area contributed by atoms with Crippen molar-refractivity contribution in [2.45, 2.75) is 0 Å². The van der Waals surface area contributed by atoms with E-state index in [0.29, 0.717) is 21.5 Å². The summed E-state index contributed by atoms with van der Waals surface area (Å²) in [4.78, 5) is 11.9. The highest BCUT2D eigenvalue weighted by atomic mass is 79.9. The number of nitrogens with one attached hydrogen (secondary N) is 1. The Morgan fingerprint density at radius 3 is 2.52 bits per heavy atom. The van der Waals surface area contributed by atoms with Crippen LogP contribution in [0.3, 0.4) is 0 Å². The molecule has 0 aliphatic rings. The molecule has 0 saturated carbocycles. The number of amides is 1. The molecule has 2 N–H and O–H groups in total. The normalized spacial score (nSPS) is 10.6. The zero-order valence-corrected chi connectivity index (χ0v) is 14.1. The Labute approximate surface area is 141 Å². The van der Waals surface area contributed by atoms with Gasteiger partial charge in [0.1, 0.15) is 5.75 Å². The minimum absolute atomic E-state index is 0.0974. The van der Waals surface area contributed by atoms with Crippen LogP contribution in [0.2, 0.25) is 0 Å². The number of ether oxygens (including phenoxy) is 2. The topological polar surface area (TPSA) is 80.2 Å². The van der Waals surface area contributed by atoms with Crippen molar-refractivity contribution in [3.05, 3.63) is 52.0 Å². The van der Waals surface area contributed by atoms with E-state index in [9.17, 15) is 9.90 Å². The molecule has 0 aliphatic carbocycles. The molecule has 0 heterocycles. The number of rotatable bonds is 5. The second-order valence-electron chi connectivity index (χ2n) is 4.48. The van der Waals surface area contributed by atoms with Gasteiger partial charge in [-0.3, -0.25) is 4.79 Å². The predicted octanol–water partition coefficient (Wildman–Crippen LogP) is 2.94. The molecule has 0 aliphatic heterocycles. The zero-order valence-electron chi connectivity index (χ0n) is 12.5. The highest BCUT2D eigenvalue weighted by molar-refractivity contribution is 9.10. The minimum Gasteiger partial charge on any atom is -0.508 e. The van der Waals surface area contributed by atoms with Gasteiger partial charge in [0.05, 0.1) is 24.9 Å². The summed E-state index contributed by atoms with van der Waals surface area (Å²) < 4.78 is 11.2. The van der Waals surface area contributed by atoms with Gasteiger partial charge in [-0.2, -0.15) is 5.10 Å². The van der Waals surface area contributed by atoms with E-state index in [1.807, 2.05) is 0 Å². The van der Waals surface area contributed by atoms with Gasteiger partial charge in [0.2, 0.25) is 0 Å². The lowest BCUT2D eigenvalue weighted by Crippen LogP contribution is -2.17. The Morgan fingerprint density at radius 1 is 1.22 bits per heavy atom. The second-order valence-corrected chi connectivity index (χ2v) is 5.34. The van der Waals surface area contributed by atoms with Crippen molar-refractivity contribution in [3.63, 3.8) is 0 Å². The number of hydrazone groups is 1. The first kappa shape index (κ1) is 16.8. The van der Waals surface area contributed by atoms with Crippen LogP contribution in [0.15, 0.2) is 46.0 Å². The monoisotopic (exact) mass is 378 g/mol. The van der Waals surface area contributed by atoms with Gasteiger partial charge in [-0.15, -0.1) is 0 Å². The van der Waals surface area contributed by atoms with E-state index in [4.69, 9.17) is 9.47 Å². The number of aromatic hydroxyl groups is 1. The van der Waals surface area contributed by atoms with Crippen molar-refractivity contribution in [2.24, 2.45) is 5.10 Å². The van der Waals surface area contributed by atoms with Crippen molar-refractivity contribution < 1.29 is 19.4 Å². The quantitative estimate of drug-likeness (QED) is 0.619. The summed E-state index contributed by atoms with van der Waals surface area (Å²) in [6.07, 6.45) is 1.49. The molecule has 6 nitrogen and oxygen atoms in total. The van der Waals surface area contributed by atoms with Crippen molar-refractivity contribution in [1.29, 1.82) is 0 Å². The number of phenolic OH excluding ortho intramolecular Hbond substituents is 1. The fourth-order valence-corrected chi connectivity index (χ4v) is 2.48. The summed E-state index contributed by atoms with van der Waals surface area (Å²) in [5.41, 5.74) is 3.53. The summed E-state index contributed by atoms with van der Waals surface area (Å²) in [7, 11) is 3.09. The van der Waals surface area contributed by atoms with E-state index < -0.39 is 0 Å². The maximum Gasteiger partial charge on any atom is 0.271 e. The molecule has 0 spiro atoms. The zero-order chi connectivity index (χ0) is 16.8. The third-order valence-corrected chi connectivity index (χ3v) is 3.55. The van der Waals surface area contributed by atoms with Crippen LogP contribution in [0.5, 0.6) is 17.2 Å². The van der Waals surface area contributed by atoms with E-state index in [2.05, 4.69) is 26.5 Å². The molecule has 0 fully saturated rings. The molecule has 0 saturated heterocycles. The fourth-order valence-electron chi connectivity index (χ4n) is 1.86. The molecular weight excluding hydrogens is 364 g/mol. The standard InChI is InChI=1S/C16H15BrN2O4/c1-22-14-8-10(7-13(17)15(14)23-2)9-18-19-16(21)11-3-5-12(20)6-4-11/h3-9,20H,1-2H3,(H,19,21)/b18-9+. The highest BCUT2D eigenvalue weighted by Gasteiger charge is 2.09. The van der Waals surface area contributed by atoms with Crippen LogP contribution in [-0.4, -0.2) is 31.4 Å². The molecule has 1 amide bonds. The molecule has 0 aromatic heterocycles. The predicted molar refractivity (Wildman–Crippen MR) is 90.4 cm³/mol. The minimum atomic E-state index is -0.374. The molecule has 0 unspecified atom stereocenters. The Morgan fingerprint density at radius 2 is 1.91 bits per heavy atom. The number of hydrogen-bond donors (Lipinski definition) is 2. The van der Waals surface area contributed by atoms with E-state index in [1.54, 1.807) is 19.2 Å². The lowest BCUT2D eigenvalue weighted by Gasteiger charge is -2.10. The van der Waals surface area contributed by atoms with Gasteiger partial charge in [0.25, 0.3) is 5.91 Å². The summed E-state index contributed by atoms with van der Waals surface area (Å²) in [5, 5.41) is 13.1. The number of hydrogen-bond acceptors (Lipinski definition) is 5. The molecule has 2 rings (SSSR count). The molecule has 0 radical (unpaired) electrons. The van der Waals surface area contributed by atoms with E-state index >= 15 is 0 Å². The molecule has 2 aromatic rings. The van der Waals surface area contributed by atoms with Gasteiger partial charge in [-0.05, 0) is 57.9 Å². The van der Waals surface area contributed by atoms with Gasteiger partial charge >= 0.3 is 0 Å². The number of methoxy groups -OCH3 is 2. The number of carbonyl (C=O) groups is 1. The fraction of sp³-hybridized carbons (Fsp3) is 0.125.